The number of rotatable bonds is 9. The van der Waals surface area contributed by atoms with Gasteiger partial charge in [-0.15, -0.1) is 6.58 Å². The fourth-order valence-electron chi connectivity index (χ4n) is 11.1. The van der Waals surface area contributed by atoms with Gasteiger partial charge in [-0.1, -0.05) is 51.5 Å². The minimum atomic E-state index is -2.52. The summed E-state index contributed by atoms with van der Waals surface area (Å²) in [6.07, 6.45) is 7.77. The van der Waals surface area contributed by atoms with Crippen LogP contribution in [0.25, 0.3) is 10.9 Å². The van der Waals surface area contributed by atoms with Crippen molar-refractivity contribution in [2.45, 2.75) is 173 Å². The van der Waals surface area contributed by atoms with Gasteiger partial charge in [-0.3, -0.25) is 14.4 Å². The summed E-state index contributed by atoms with van der Waals surface area (Å²) in [6.45, 7) is 15.8. The number of allylic oxidation sites excluding steroid dienone is 4. The molecule has 1 aliphatic carbocycles. The van der Waals surface area contributed by atoms with Gasteiger partial charge in [0.05, 0.1) is 30.5 Å². The molecule has 14 nitrogen and oxygen atoms in total. The Morgan fingerprint density at radius 1 is 0.970 bits per heavy atom. The molecule has 2 aromatic rings. The van der Waals surface area contributed by atoms with E-state index < -0.39 is 83.9 Å². The molecule has 4 heterocycles. The smallest absolute Gasteiger partial charge is 0.329 e. The minimum absolute atomic E-state index is 0.0242. The van der Waals surface area contributed by atoms with E-state index in [4.69, 9.17) is 18.9 Å². The number of carbonyl (C=O) groups excluding carboxylic acids is 4. The number of carbonyl (C=O) groups is 4. The van der Waals surface area contributed by atoms with Crippen LogP contribution in [0.3, 0.4) is 0 Å². The Balaban J connectivity index is 1.28. The lowest BCUT2D eigenvalue weighted by atomic mass is 9.81. The SMILES string of the molecule is C=CCn1ccc2cc(NC3CCC(C=C(C)C4OC(=O)C5CCCCN5C(=O)C(=O)C5(O)OC(C(OC)CC(C)C/C(C)=C/C(CC)C(=O)CC(O)C4C)C(OC)CC5C)CC3O)ccc21. The van der Waals surface area contributed by atoms with Crippen LogP contribution in [0.2, 0.25) is 0 Å². The van der Waals surface area contributed by atoms with E-state index in [-0.39, 0.29) is 49.5 Å². The highest BCUT2D eigenvalue weighted by atomic mass is 16.7. The van der Waals surface area contributed by atoms with E-state index in [0.717, 1.165) is 28.6 Å². The number of ketones is 2. The van der Waals surface area contributed by atoms with Gasteiger partial charge in [0.15, 0.2) is 0 Å². The number of hydrogen-bond donors (Lipinski definition) is 4. The van der Waals surface area contributed by atoms with Gasteiger partial charge in [-0.25, -0.2) is 4.79 Å². The van der Waals surface area contributed by atoms with Gasteiger partial charge in [0, 0.05) is 74.3 Å². The fourth-order valence-corrected chi connectivity index (χ4v) is 11.1. The Labute approximate surface area is 397 Å². The third-order valence-electron chi connectivity index (χ3n) is 15.1. The highest BCUT2D eigenvalue weighted by Crippen LogP contribution is 2.39. The minimum Gasteiger partial charge on any atom is -0.456 e. The summed E-state index contributed by atoms with van der Waals surface area (Å²) in [5, 5.41) is 40.1. The van der Waals surface area contributed by atoms with Crippen LogP contribution in [0, 0.1) is 29.6 Å². The molecule has 67 heavy (non-hydrogen) atoms. The fraction of sp³-hybridized carbons (Fsp3) is 0.660. The maximum absolute atomic E-state index is 14.5. The molecule has 0 spiro atoms. The molecule has 14 unspecified atom stereocenters. The zero-order chi connectivity index (χ0) is 48.7. The molecule has 1 saturated carbocycles. The second-order valence-corrected chi connectivity index (χ2v) is 20.2. The highest BCUT2D eigenvalue weighted by Gasteiger charge is 2.56. The molecule has 14 heteroatoms. The molecule has 2 bridgehead atoms. The van der Waals surface area contributed by atoms with Crippen molar-refractivity contribution in [3.05, 3.63) is 66.4 Å². The average molecular weight is 932 g/mol. The van der Waals surface area contributed by atoms with Crippen LogP contribution in [-0.2, 0) is 44.7 Å². The summed E-state index contributed by atoms with van der Waals surface area (Å²) in [7, 11) is 3.07. The van der Waals surface area contributed by atoms with Crippen molar-refractivity contribution in [1.29, 1.82) is 0 Å². The van der Waals surface area contributed by atoms with Crippen LogP contribution < -0.4 is 5.32 Å². The molecular weight excluding hydrogens is 855 g/mol. The van der Waals surface area contributed by atoms with Crippen LogP contribution in [0.4, 0.5) is 5.69 Å². The molecule has 370 valence electrons. The molecule has 4 aliphatic rings. The number of fused-ring (bicyclic) bond motifs is 4. The first kappa shape index (κ1) is 52.2. The molecule has 4 N–H and O–H groups in total. The lowest BCUT2D eigenvalue weighted by Gasteiger charge is -2.47. The normalized spacial score (nSPS) is 36.6. The Morgan fingerprint density at radius 2 is 1.70 bits per heavy atom. The van der Waals surface area contributed by atoms with Crippen molar-refractivity contribution in [1.82, 2.24) is 9.47 Å². The molecular formula is C53H77N3O11. The zero-order valence-corrected chi connectivity index (χ0v) is 41.0. The molecule has 3 aliphatic heterocycles. The van der Waals surface area contributed by atoms with E-state index in [0.29, 0.717) is 57.1 Å². The Bertz CT molecular complexity index is 2130. The van der Waals surface area contributed by atoms with Crippen molar-refractivity contribution in [3.8, 4) is 0 Å². The molecule has 1 aromatic heterocycles. The topological polar surface area (TPSA) is 186 Å². The predicted octanol–water partition coefficient (Wildman–Crippen LogP) is 7.08. The first-order valence-electron chi connectivity index (χ1n) is 24.6. The van der Waals surface area contributed by atoms with Crippen LogP contribution in [0.5, 0.6) is 0 Å². The monoisotopic (exact) mass is 932 g/mol. The van der Waals surface area contributed by atoms with E-state index in [1.807, 2.05) is 51.3 Å². The Kier molecular flexibility index (Phi) is 17.9. The van der Waals surface area contributed by atoms with Gasteiger partial charge >= 0.3 is 5.97 Å². The lowest BCUT2D eigenvalue weighted by molar-refractivity contribution is -0.302. The van der Waals surface area contributed by atoms with Crippen LogP contribution in [0.1, 0.15) is 112 Å². The third kappa shape index (κ3) is 12.0. The van der Waals surface area contributed by atoms with E-state index >= 15 is 0 Å². The second-order valence-electron chi connectivity index (χ2n) is 20.2. The van der Waals surface area contributed by atoms with Crippen LogP contribution in [-0.4, -0.2) is 123 Å². The number of cyclic esters (lactones) is 1. The van der Waals surface area contributed by atoms with Gasteiger partial charge in [0.2, 0.25) is 5.79 Å². The number of aliphatic hydroxyl groups is 3. The van der Waals surface area contributed by atoms with Crippen molar-refractivity contribution >= 4 is 40.0 Å². The molecule has 1 aromatic carbocycles. The quantitative estimate of drug-likeness (QED) is 0.114. The summed E-state index contributed by atoms with van der Waals surface area (Å²) < 4.78 is 26.5. The summed E-state index contributed by atoms with van der Waals surface area (Å²) in [6, 6.07) is 6.89. The number of Topliss-reactive ketones (excluding diaryl/α,β-unsaturated/α-hetero) is 2. The highest BCUT2D eigenvalue weighted by molar-refractivity contribution is 6.39. The van der Waals surface area contributed by atoms with Crippen molar-refractivity contribution < 1.29 is 53.4 Å². The summed E-state index contributed by atoms with van der Waals surface area (Å²) in [4.78, 5) is 58.4. The lowest BCUT2D eigenvalue weighted by Crippen LogP contribution is -2.64. The van der Waals surface area contributed by atoms with Gasteiger partial charge in [0.1, 0.15) is 24.0 Å². The van der Waals surface area contributed by atoms with Crippen molar-refractivity contribution in [3.63, 3.8) is 0 Å². The number of hydrogen-bond acceptors (Lipinski definition) is 12. The van der Waals surface area contributed by atoms with Gasteiger partial charge < -0.3 is 49.1 Å². The first-order chi connectivity index (χ1) is 31.9. The molecule has 2 saturated heterocycles. The predicted molar refractivity (Wildman–Crippen MR) is 257 cm³/mol. The number of anilines is 1. The molecule has 3 fully saturated rings. The van der Waals surface area contributed by atoms with Crippen molar-refractivity contribution in [2.24, 2.45) is 29.6 Å². The van der Waals surface area contributed by atoms with E-state index in [9.17, 15) is 34.5 Å². The summed E-state index contributed by atoms with van der Waals surface area (Å²) in [5.41, 5.74) is 3.66. The van der Waals surface area contributed by atoms with E-state index in [1.54, 1.807) is 13.8 Å². The number of aliphatic hydroxyl groups excluding tert-OH is 2. The van der Waals surface area contributed by atoms with Gasteiger partial charge in [0.25, 0.3) is 11.7 Å². The number of benzene rings is 1. The van der Waals surface area contributed by atoms with Crippen LogP contribution >= 0.6 is 0 Å². The standard InChI is InChI=1S/C53H77N3O11/c1-10-20-55-22-19-38-29-39(16-18-41(38)55)54-40-17-15-36(28-45(40)59)26-33(5)48-35(7)43(57)30-44(58)37(11-2)24-31(3)23-32(4)25-46(64-8)49-47(65-9)27-34(6)53(63,67-49)50(60)51(61)56-21-13-12-14-42(56)52(62)66-48/h10,16,18-19,22,24,26,29,32,34-37,40,42-43,45-49,54,57,59,63H,1,11-15,17,20-21,23,25,27-28,30H2,2-9H3/b31-24+,33-26?. The third-order valence-corrected chi connectivity index (χ3v) is 15.1. The molecule has 0 radical (unpaired) electrons. The number of nitrogens with zero attached hydrogens (tertiary/aromatic N) is 2. The molecule has 1 amide bonds. The maximum atomic E-state index is 14.5. The summed E-state index contributed by atoms with van der Waals surface area (Å²) >= 11 is 0. The Morgan fingerprint density at radius 3 is 2.39 bits per heavy atom. The van der Waals surface area contributed by atoms with Crippen LogP contribution in [0.15, 0.2) is 66.4 Å². The van der Waals surface area contributed by atoms with E-state index in [1.165, 1.54) is 19.1 Å². The molecule has 6 rings (SSSR count). The number of piperidine rings is 1. The van der Waals surface area contributed by atoms with Gasteiger partial charge in [-0.05, 0) is 120 Å². The average Bonchev–Trinajstić information content (AvgIpc) is 3.71. The maximum Gasteiger partial charge on any atom is 0.329 e. The number of methoxy groups -OCH3 is 2. The number of ether oxygens (including phenoxy) is 4. The number of nitrogens with one attached hydrogen (secondary N) is 1. The largest absolute Gasteiger partial charge is 0.456 e. The first-order valence-corrected chi connectivity index (χ1v) is 24.6. The number of amides is 1. The number of aromatic nitrogens is 1. The zero-order valence-electron chi connectivity index (χ0n) is 41.0. The van der Waals surface area contributed by atoms with E-state index in [2.05, 4.69) is 41.6 Å². The second kappa shape index (κ2) is 23.0. The van der Waals surface area contributed by atoms with Crippen molar-refractivity contribution in [2.75, 3.05) is 26.1 Å². The Hall–Kier alpha value is -4.18. The number of esters is 1. The van der Waals surface area contributed by atoms with Gasteiger partial charge in [-0.2, -0.15) is 0 Å². The molecule has 14 atom stereocenters. The summed E-state index contributed by atoms with van der Waals surface area (Å²) in [5.74, 6) is -7.69.